The van der Waals surface area contributed by atoms with Crippen LogP contribution in [0, 0.1) is 0 Å². The highest BCUT2D eigenvalue weighted by molar-refractivity contribution is 5.85. The van der Waals surface area contributed by atoms with Gasteiger partial charge in [-0.05, 0) is 20.8 Å². The van der Waals surface area contributed by atoms with Gasteiger partial charge in [-0.2, -0.15) is 0 Å². The van der Waals surface area contributed by atoms with Crippen molar-refractivity contribution in [2.45, 2.75) is 20.8 Å². The molecule has 2 heterocycles. The summed E-state index contributed by atoms with van der Waals surface area (Å²) in [4.78, 5) is 9.54. The second-order valence-electron chi connectivity index (χ2n) is 5.03. The SMILES string of the molecule is CC1=NC(C)=C(C)N(CCN2CCNCC2)C1. The van der Waals surface area contributed by atoms with Gasteiger partial charge in [0.05, 0.1) is 12.2 Å². The molecule has 0 aliphatic carbocycles. The summed E-state index contributed by atoms with van der Waals surface area (Å²) in [6.07, 6.45) is 0. The van der Waals surface area contributed by atoms with E-state index in [1.807, 2.05) is 0 Å². The number of allylic oxidation sites excluding steroid dienone is 2. The molecule has 96 valence electrons. The lowest BCUT2D eigenvalue weighted by molar-refractivity contribution is 0.214. The Morgan fingerprint density at radius 3 is 2.53 bits per heavy atom. The van der Waals surface area contributed by atoms with Gasteiger partial charge in [0.2, 0.25) is 0 Å². The summed E-state index contributed by atoms with van der Waals surface area (Å²) in [5, 5.41) is 3.39. The van der Waals surface area contributed by atoms with E-state index in [2.05, 4.69) is 40.9 Å². The zero-order valence-electron chi connectivity index (χ0n) is 11.3. The van der Waals surface area contributed by atoms with Gasteiger partial charge in [0.25, 0.3) is 0 Å². The van der Waals surface area contributed by atoms with Crippen molar-refractivity contribution in [2.75, 3.05) is 45.8 Å². The smallest absolute Gasteiger partial charge is 0.0560 e. The third-order valence-corrected chi connectivity index (χ3v) is 3.67. The fourth-order valence-corrected chi connectivity index (χ4v) is 2.47. The molecule has 1 fully saturated rings. The fraction of sp³-hybridized carbons (Fsp3) is 0.769. The van der Waals surface area contributed by atoms with Crippen molar-refractivity contribution < 1.29 is 0 Å². The van der Waals surface area contributed by atoms with Gasteiger partial charge >= 0.3 is 0 Å². The van der Waals surface area contributed by atoms with Crippen molar-refractivity contribution in [2.24, 2.45) is 4.99 Å². The molecular weight excluding hydrogens is 212 g/mol. The molecule has 2 aliphatic heterocycles. The van der Waals surface area contributed by atoms with Gasteiger partial charge in [0.1, 0.15) is 0 Å². The Morgan fingerprint density at radius 2 is 1.82 bits per heavy atom. The summed E-state index contributed by atoms with van der Waals surface area (Å²) in [5.74, 6) is 0. The molecule has 0 spiro atoms. The maximum atomic E-state index is 4.54. The molecule has 0 saturated carbocycles. The van der Waals surface area contributed by atoms with Crippen LogP contribution in [0.15, 0.2) is 16.4 Å². The number of hydrogen-bond acceptors (Lipinski definition) is 4. The van der Waals surface area contributed by atoms with Crippen LogP contribution >= 0.6 is 0 Å². The molecular formula is C13H24N4. The number of aliphatic imine (C=N–C) groups is 1. The average Bonchev–Trinajstić information content (AvgIpc) is 2.33. The minimum absolute atomic E-state index is 0.995. The minimum atomic E-state index is 0.995. The van der Waals surface area contributed by atoms with Crippen LogP contribution in [0.4, 0.5) is 0 Å². The van der Waals surface area contributed by atoms with Crippen LogP contribution in [-0.2, 0) is 0 Å². The summed E-state index contributed by atoms with van der Waals surface area (Å²) in [6.45, 7) is 14.3. The number of piperazine rings is 1. The predicted octanol–water partition coefficient (Wildman–Crippen LogP) is 0.919. The Morgan fingerprint density at radius 1 is 1.12 bits per heavy atom. The molecule has 0 radical (unpaired) electrons. The van der Waals surface area contributed by atoms with Crippen molar-refractivity contribution in [1.29, 1.82) is 0 Å². The maximum Gasteiger partial charge on any atom is 0.0560 e. The number of rotatable bonds is 3. The summed E-state index contributed by atoms with van der Waals surface area (Å²) < 4.78 is 0. The van der Waals surface area contributed by atoms with Crippen molar-refractivity contribution >= 4 is 5.71 Å². The Labute approximate surface area is 104 Å². The van der Waals surface area contributed by atoms with Gasteiger partial charge in [0, 0.05) is 50.7 Å². The Balaban J connectivity index is 1.85. The molecule has 0 amide bonds. The molecule has 0 aromatic rings. The topological polar surface area (TPSA) is 30.9 Å². The lowest BCUT2D eigenvalue weighted by Gasteiger charge is -2.33. The molecule has 2 rings (SSSR count). The third kappa shape index (κ3) is 3.30. The lowest BCUT2D eigenvalue weighted by Crippen LogP contribution is -2.46. The Hall–Kier alpha value is -0.870. The normalized spacial score (nSPS) is 23.0. The van der Waals surface area contributed by atoms with Crippen LogP contribution in [0.1, 0.15) is 20.8 Å². The molecule has 0 unspecified atom stereocenters. The second kappa shape index (κ2) is 5.65. The highest BCUT2D eigenvalue weighted by atomic mass is 15.2. The van der Waals surface area contributed by atoms with E-state index in [0.29, 0.717) is 0 Å². The van der Waals surface area contributed by atoms with E-state index in [0.717, 1.165) is 26.2 Å². The number of nitrogens with zero attached hydrogens (tertiary/aromatic N) is 3. The zero-order chi connectivity index (χ0) is 12.3. The monoisotopic (exact) mass is 236 g/mol. The molecule has 2 aliphatic rings. The second-order valence-corrected chi connectivity index (χ2v) is 5.03. The average molecular weight is 236 g/mol. The van der Waals surface area contributed by atoms with Crippen molar-refractivity contribution in [1.82, 2.24) is 15.1 Å². The van der Waals surface area contributed by atoms with Gasteiger partial charge < -0.3 is 10.2 Å². The molecule has 17 heavy (non-hydrogen) atoms. The van der Waals surface area contributed by atoms with Crippen LogP contribution in [0.25, 0.3) is 0 Å². The first-order chi connectivity index (χ1) is 8.16. The molecule has 0 bridgehead atoms. The van der Waals surface area contributed by atoms with Crippen LogP contribution in [0.5, 0.6) is 0 Å². The van der Waals surface area contributed by atoms with Crippen LogP contribution < -0.4 is 5.32 Å². The van der Waals surface area contributed by atoms with E-state index in [1.165, 1.54) is 36.7 Å². The predicted molar refractivity (Wildman–Crippen MR) is 72.4 cm³/mol. The third-order valence-electron chi connectivity index (χ3n) is 3.67. The molecule has 1 saturated heterocycles. The number of nitrogens with one attached hydrogen (secondary N) is 1. The summed E-state index contributed by atoms with van der Waals surface area (Å²) in [6, 6.07) is 0. The van der Waals surface area contributed by atoms with Crippen LogP contribution in [0.3, 0.4) is 0 Å². The van der Waals surface area contributed by atoms with E-state index in [9.17, 15) is 0 Å². The van der Waals surface area contributed by atoms with Crippen molar-refractivity contribution in [3.8, 4) is 0 Å². The summed E-state index contributed by atoms with van der Waals surface area (Å²) in [5.41, 5.74) is 3.74. The summed E-state index contributed by atoms with van der Waals surface area (Å²) in [7, 11) is 0. The van der Waals surface area contributed by atoms with Gasteiger partial charge in [-0.15, -0.1) is 0 Å². The van der Waals surface area contributed by atoms with Crippen LogP contribution in [-0.4, -0.2) is 61.3 Å². The molecule has 4 heteroatoms. The molecule has 0 aromatic heterocycles. The fourth-order valence-electron chi connectivity index (χ4n) is 2.47. The highest BCUT2D eigenvalue weighted by Gasteiger charge is 2.16. The summed E-state index contributed by atoms with van der Waals surface area (Å²) >= 11 is 0. The Kier molecular flexibility index (Phi) is 4.18. The van der Waals surface area contributed by atoms with Gasteiger partial charge in [-0.3, -0.25) is 9.89 Å². The standard InChI is InChI=1S/C13H24N4/c1-11-10-17(13(3)12(2)15-11)9-8-16-6-4-14-5-7-16/h14H,4-10H2,1-3H3. The molecule has 4 nitrogen and oxygen atoms in total. The molecule has 0 aromatic carbocycles. The van der Waals surface area contributed by atoms with E-state index in [4.69, 9.17) is 0 Å². The first-order valence-electron chi connectivity index (χ1n) is 6.56. The van der Waals surface area contributed by atoms with E-state index in [1.54, 1.807) is 0 Å². The first-order valence-corrected chi connectivity index (χ1v) is 6.56. The van der Waals surface area contributed by atoms with Gasteiger partial charge in [-0.25, -0.2) is 0 Å². The Bertz CT molecular complexity index is 326. The van der Waals surface area contributed by atoms with Crippen LogP contribution in [0.2, 0.25) is 0 Å². The maximum absolute atomic E-state index is 4.54. The van der Waals surface area contributed by atoms with Crippen molar-refractivity contribution in [3.05, 3.63) is 11.4 Å². The molecule has 1 N–H and O–H groups in total. The van der Waals surface area contributed by atoms with E-state index >= 15 is 0 Å². The van der Waals surface area contributed by atoms with E-state index in [-0.39, 0.29) is 0 Å². The highest BCUT2D eigenvalue weighted by Crippen LogP contribution is 2.16. The number of hydrogen-bond donors (Lipinski definition) is 1. The van der Waals surface area contributed by atoms with Gasteiger partial charge in [-0.1, -0.05) is 0 Å². The van der Waals surface area contributed by atoms with E-state index < -0.39 is 0 Å². The first kappa shape index (κ1) is 12.6. The molecule has 0 atom stereocenters. The largest absolute Gasteiger partial charge is 0.367 e. The zero-order valence-corrected chi connectivity index (χ0v) is 11.3. The van der Waals surface area contributed by atoms with Gasteiger partial charge in [0.15, 0.2) is 0 Å². The quantitative estimate of drug-likeness (QED) is 0.790. The van der Waals surface area contributed by atoms with Crippen molar-refractivity contribution in [3.63, 3.8) is 0 Å². The minimum Gasteiger partial charge on any atom is -0.367 e. The lowest BCUT2D eigenvalue weighted by atomic mass is 10.2.